The highest BCUT2D eigenvalue weighted by Crippen LogP contribution is 2.24. The Labute approximate surface area is 226 Å². The van der Waals surface area contributed by atoms with E-state index in [1.807, 2.05) is 0 Å². The molecule has 0 N–H and O–H groups in total. The molecule has 0 aliphatic carbocycles. The fourth-order valence-electron chi connectivity index (χ4n) is 5.63. The predicted molar refractivity (Wildman–Crippen MR) is 153 cm³/mol. The van der Waals surface area contributed by atoms with Crippen molar-refractivity contribution in [3.05, 3.63) is 66.4 Å². The van der Waals surface area contributed by atoms with Gasteiger partial charge in [0.05, 0.1) is 0 Å². The molecule has 3 aromatic rings. The highest BCUT2D eigenvalue weighted by Gasteiger charge is 2.25. The second-order valence-corrected chi connectivity index (χ2v) is 10.9. The minimum Gasteiger partial charge on any atom is -0.369 e. The SMILES string of the molecule is FC(F)(F)CCCCCCCCCc1cccc(N2CCN(CCCCn3ccc4ccccc43)CC2)c1. The average Bonchev–Trinajstić information content (AvgIpc) is 3.33. The van der Waals surface area contributed by atoms with Crippen molar-refractivity contribution in [2.45, 2.75) is 83.4 Å². The summed E-state index contributed by atoms with van der Waals surface area (Å²) in [5.41, 5.74) is 4.07. The molecule has 0 spiro atoms. The summed E-state index contributed by atoms with van der Waals surface area (Å²) < 4.78 is 38.9. The van der Waals surface area contributed by atoms with Crippen molar-refractivity contribution >= 4 is 16.6 Å². The van der Waals surface area contributed by atoms with Crippen molar-refractivity contribution in [1.29, 1.82) is 0 Å². The van der Waals surface area contributed by atoms with Crippen LogP contribution in [0.3, 0.4) is 0 Å². The fraction of sp³-hybridized carbons (Fsp3) is 0.562. The van der Waals surface area contributed by atoms with E-state index in [1.165, 1.54) is 41.5 Å². The van der Waals surface area contributed by atoms with Gasteiger partial charge in [-0.25, -0.2) is 0 Å². The molecule has 4 rings (SSSR count). The van der Waals surface area contributed by atoms with Crippen LogP contribution in [0.1, 0.15) is 69.8 Å². The van der Waals surface area contributed by atoms with Gasteiger partial charge in [0, 0.05) is 56.5 Å². The number of benzene rings is 2. The molecule has 0 bridgehead atoms. The minimum absolute atomic E-state index is 0.274. The third-order valence-corrected chi connectivity index (χ3v) is 7.88. The number of fused-ring (bicyclic) bond motifs is 1. The third kappa shape index (κ3) is 9.37. The molecule has 1 aliphatic heterocycles. The highest BCUT2D eigenvalue weighted by molar-refractivity contribution is 5.79. The van der Waals surface area contributed by atoms with Crippen molar-refractivity contribution < 1.29 is 13.2 Å². The number of piperazine rings is 1. The van der Waals surface area contributed by atoms with Crippen molar-refractivity contribution in [3.63, 3.8) is 0 Å². The maximum Gasteiger partial charge on any atom is 0.389 e. The van der Waals surface area contributed by atoms with Crippen LogP contribution in [0.4, 0.5) is 18.9 Å². The first kappa shape index (κ1) is 28.5. The maximum atomic E-state index is 12.2. The van der Waals surface area contributed by atoms with Crippen LogP contribution in [0.5, 0.6) is 0 Å². The van der Waals surface area contributed by atoms with Crippen LogP contribution in [0.25, 0.3) is 10.9 Å². The number of aryl methyl sites for hydroxylation is 2. The summed E-state index contributed by atoms with van der Waals surface area (Å²) in [5, 5.41) is 1.32. The second-order valence-electron chi connectivity index (χ2n) is 10.9. The van der Waals surface area contributed by atoms with Crippen molar-refractivity contribution in [3.8, 4) is 0 Å². The van der Waals surface area contributed by atoms with E-state index in [0.717, 1.165) is 71.2 Å². The lowest BCUT2D eigenvalue weighted by Gasteiger charge is -2.36. The number of hydrogen-bond acceptors (Lipinski definition) is 2. The van der Waals surface area contributed by atoms with Crippen LogP contribution < -0.4 is 4.90 Å². The predicted octanol–water partition coefficient (Wildman–Crippen LogP) is 8.47. The van der Waals surface area contributed by atoms with Crippen molar-refractivity contribution in [2.24, 2.45) is 0 Å². The van der Waals surface area contributed by atoms with E-state index in [0.29, 0.717) is 6.42 Å². The molecular formula is C32H44F3N3. The Morgan fingerprint density at radius 3 is 2.16 bits per heavy atom. The number of halogens is 3. The topological polar surface area (TPSA) is 11.4 Å². The quantitative estimate of drug-likeness (QED) is 0.184. The van der Waals surface area contributed by atoms with Gasteiger partial charge in [-0.3, -0.25) is 4.90 Å². The molecule has 208 valence electrons. The smallest absolute Gasteiger partial charge is 0.369 e. The number of para-hydroxylation sites is 1. The Kier molecular flexibility index (Phi) is 11.0. The molecule has 0 amide bonds. The Hall–Kier alpha value is -2.47. The Morgan fingerprint density at radius 1 is 0.658 bits per heavy atom. The molecular weight excluding hydrogens is 483 g/mol. The number of hydrogen-bond donors (Lipinski definition) is 0. The minimum atomic E-state index is -4.00. The first-order valence-electron chi connectivity index (χ1n) is 14.6. The first-order valence-corrected chi connectivity index (χ1v) is 14.6. The highest BCUT2D eigenvalue weighted by atomic mass is 19.4. The molecule has 1 aliphatic rings. The maximum absolute atomic E-state index is 12.2. The molecule has 0 unspecified atom stereocenters. The number of aromatic nitrogens is 1. The summed E-state index contributed by atoms with van der Waals surface area (Å²) >= 11 is 0. The average molecular weight is 528 g/mol. The molecule has 2 aromatic carbocycles. The number of nitrogens with zero attached hydrogens (tertiary/aromatic N) is 3. The molecule has 1 saturated heterocycles. The summed E-state index contributed by atoms with van der Waals surface area (Å²) in [4.78, 5) is 5.13. The van der Waals surface area contributed by atoms with Crippen molar-refractivity contribution in [2.75, 3.05) is 37.6 Å². The van der Waals surface area contributed by atoms with E-state index in [4.69, 9.17) is 0 Å². The van der Waals surface area contributed by atoms with Gasteiger partial charge in [-0.2, -0.15) is 13.2 Å². The van der Waals surface area contributed by atoms with Gasteiger partial charge in [0.15, 0.2) is 0 Å². The van der Waals surface area contributed by atoms with Gasteiger partial charge in [-0.15, -0.1) is 0 Å². The van der Waals surface area contributed by atoms with E-state index in [1.54, 1.807) is 0 Å². The molecule has 1 fully saturated rings. The number of rotatable bonds is 15. The van der Waals surface area contributed by atoms with Crippen LogP contribution in [0.15, 0.2) is 60.8 Å². The van der Waals surface area contributed by atoms with Crippen LogP contribution in [0, 0.1) is 0 Å². The van der Waals surface area contributed by atoms with Gasteiger partial charge in [0.25, 0.3) is 0 Å². The van der Waals surface area contributed by atoms with E-state index in [-0.39, 0.29) is 6.42 Å². The van der Waals surface area contributed by atoms with Gasteiger partial charge < -0.3 is 9.47 Å². The summed E-state index contributed by atoms with van der Waals surface area (Å²) in [7, 11) is 0. The zero-order valence-electron chi connectivity index (χ0n) is 22.8. The molecule has 1 aromatic heterocycles. The van der Waals surface area contributed by atoms with Gasteiger partial charge in [-0.05, 0) is 73.9 Å². The van der Waals surface area contributed by atoms with Gasteiger partial charge in [0.2, 0.25) is 0 Å². The molecule has 2 heterocycles. The zero-order valence-corrected chi connectivity index (χ0v) is 22.8. The Morgan fingerprint density at radius 2 is 1.37 bits per heavy atom. The summed E-state index contributed by atoms with van der Waals surface area (Å²) in [6, 6.07) is 19.8. The van der Waals surface area contributed by atoms with E-state index in [2.05, 4.69) is 75.2 Å². The van der Waals surface area contributed by atoms with Crippen molar-refractivity contribution in [1.82, 2.24) is 9.47 Å². The molecule has 0 saturated carbocycles. The number of unbranched alkanes of at least 4 members (excludes halogenated alkanes) is 7. The first-order chi connectivity index (χ1) is 18.5. The fourth-order valence-corrected chi connectivity index (χ4v) is 5.63. The number of alkyl halides is 3. The number of anilines is 1. The summed E-state index contributed by atoms with van der Waals surface area (Å²) in [6.07, 6.45) is 7.46. The monoisotopic (exact) mass is 527 g/mol. The van der Waals surface area contributed by atoms with E-state index < -0.39 is 12.6 Å². The molecule has 0 atom stereocenters. The largest absolute Gasteiger partial charge is 0.389 e. The zero-order chi connectivity index (χ0) is 26.6. The molecule has 3 nitrogen and oxygen atoms in total. The standard InChI is InChI=1S/C32H44F3N3/c33-32(34,35)19-9-5-3-1-2-4-6-13-28-14-12-16-30(27-28)37-25-23-36(24-26-37)20-10-11-21-38-22-18-29-15-7-8-17-31(29)38/h7-8,12,14-18,22,27H,1-6,9-11,13,19-21,23-26H2. The van der Waals surface area contributed by atoms with Gasteiger partial charge in [0.1, 0.15) is 0 Å². The van der Waals surface area contributed by atoms with Crippen LogP contribution in [-0.2, 0) is 13.0 Å². The second kappa shape index (κ2) is 14.6. The molecule has 0 radical (unpaired) electrons. The lowest BCUT2D eigenvalue weighted by atomic mass is 10.0. The molecule has 6 heteroatoms. The van der Waals surface area contributed by atoms with Crippen LogP contribution >= 0.6 is 0 Å². The van der Waals surface area contributed by atoms with Crippen LogP contribution in [0.2, 0.25) is 0 Å². The summed E-state index contributed by atoms with van der Waals surface area (Å²) in [5.74, 6) is 0. The van der Waals surface area contributed by atoms with E-state index in [9.17, 15) is 13.2 Å². The summed E-state index contributed by atoms with van der Waals surface area (Å²) in [6.45, 7) is 6.68. The normalized spacial score (nSPS) is 15.0. The third-order valence-electron chi connectivity index (χ3n) is 7.88. The van der Waals surface area contributed by atoms with Crippen LogP contribution in [-0.4, -0.2) is 48.4 Å². The molecule has 38 heavy (non-hydrogen) atoms. The lowest BCUT2D eigenvalue weighted by molar-refractivity contribution is -0.135. The lowest BCUT2D eigenvalue weighted by Crippen LogP contribution is -2.46. The van der Waals surface area contributed by atoms with Gasteiger partial charge >= 0.3 is 6.18 Å². The Balaban J connectivity index is 1.07. The van der Waals surface area contributed by atoms with E-state index >= 15 is 0 Å². The van der Waals surface area contributed by atoms with Gasteiger partial charge in [-0.1, -0.05) is 62.4 Å². The Bertz CT molecular complexity index is 1080.